The Morgan fingerprint density at radius 1 is 1.04 bits per heavy atom. The van der Waals surface area contributed by atoms with Crippen molar-refractivity contribution in [3.05, 3.63) is 65.5 Å². The number of aryl methyl sites for hydroxylation is 1. The topological polar surface area (TPSA) is 59.1 Å². The van der Waals surface area contributed by atoms with Gasteiger partial charge in [0.05, 0.1) is 10.6 Å². The average molecular weight is 344 g/mol. The van der Waals surface area contributed by atoms with Gasteiger partial charge in [-0.1, -0.05) is 49.4 Å². The molecule has 0 fully saturated rings. The van der Waals surface area contributed by atoms with Gasteiger partial charge >= 0.3 is 0 Å². The Hall–Kier alpha value is -2.18. The summed E-state index contributed by atoms with van der Waals surface area (Å²) in [6.07, 6.45) is 0.876. The van der Waals surface area contributed by atoms with E-state index in [0.29, 0.717) is 5.13 Å². The first kappa shape index (κ1) is 15.7. The van der Waals surface area contributed by atoms with E-state index < -0.39 is 10.0 Å². The molecule has 3 aromatic rings. The van der Waals surface area contributed by atoms with Gasteiger partial charge in [-0.3, -0.25) is 4.72 Å². The van der Waals surface area contributed by atoms with Crippen molar-refractivity contribution in [3.8, 4) is 11.3 Å². The highest BCUT2D eigenvalue weighted by atomic mass is 32.2. The van der Waals surface area contributed by atoms with E-state index in [4.69, 9.17) is 0 Å². The molecule has 0 bridgehead atoms. The van der Waals surface area contributed by atoms with Crippen LogP contribution in [0.5, 0.6) is 0 Å². The van der Waals surface area contributed by atoms with Crippen molar-refractivity contribution >= 4 is 26.5 Å². The fourth-order valence-corrected chi connectivity index (χ4v) is 4.11. The molecular weight excluding hydrogens is 328 g/mol. The molecular formula is C17H16N2O2S2. The van der Waals surface area contributed by atoms with Crippen LogP contribution in [0.1, 0.15) is 12.5 Å². The first-order valence-corrected chi connectivity index (χ1v) is 9.57. The SMILES string of the molecule is CCc1ccc(S(=O)(=O)Nc2nc(-c3ccccc3)cs2)cc1. The van der Waals surface area contributed by atoms with Crippen LogP contribution in [-0.2, 0) is 16.4 Å². The molecule has 0 aliphatic heterocycles. The standard InChI is InChI=1S/C17H16N2O2S2/c1-2-13-8-10-15(11-9-13)23(20,21)19-17-18-16(12-22-17)14-6-4-3-5-7-14/h3-12H,2H2,1H3,(H,18,19). The number of thiazole rings is 1. The molecule has 3 rings (SSSR count). The first-order valence-electron chi connectivity index (χ1n) is 7.21. The van der Waals surface area contributed by atoms with Crippen molar-refractivity contribution in [2.45, 2.75) is 18.2 Å². The zero-order valence-corrected chi connectivity index (χ0v) is 14.2. The molecule has 0 unspecified atom stereocenters. The molecule has 0 aliphatic carbocycles. The number of sulfonamides is 1. The number of nitrogens with zero attached hydrogens (tertiary/aromatic N) is 1. The summed E-state index contributed by atoms with van der Waals surface area (Å²) in [4.78, 5) is 4.59. The largest absolute Gasteiger partial charge is 0.263 e. The summed E-state index contributed by atoms with van der Waals surface area (Å²) >= 11 is 1.27. The predicted octanol–water partition coefficient (Wildman–Crippen LogP) is 4.17. The fourth-order valence-electron chi connectivity index (χ4n) is 2.14. The third kappa shape index (κ3) is 3.60. The van der Waals surface area contributed by atoms with Gasteiger partial charge in [-0.15, -0.1) is 11.3 Å². The number of hydrogen-bond acceptors (Lipinski definition) is 4. The Balaban J connectivity index is 1.82. The molecule has 0 atom stereocenters. The summed E-state index contributed by atoms with van der Waals surface area (Å²) in [6, 6.07) is 16.5. The molecule has 6 heteroatoms. The summed E-state index contributed by atoms with van der Waals surface area (Å²) < 4.78 is 27.3. The maximum Gasteiger partial charge on any atom is 0.263 e. The Bertz CT molecular complexity index is 886. The molecule has 118 valence electrons. The van der Waals surface area contributed by atoms with Gasteiger partial charge in [-0.2, -0.15) is 0 Å². The van der Waals surface area contributed by atoms with E-state index >= 15 is 0 Å². The van der Waals surface area contributed by atoms with Crippen LogP contribution >= 0.6 is 11.3 Å². The molecule has 1 N–H and O–H groups in total. The fraction of sp³-hybridized carbons (Fsp3) is 0.118. The van der Waals surface area contributed by atoms with Gasteiger partial charge in [0.25, 0.3) is 10.0 Å². The lowest BCUT2D eigenvalue weighted by molar-refractivity contribution is 0.601. The third-order valence-electron chi connectivity index (χ3n) is 3.44. The summed E-state index contributed by atoms with van der Waals surface area (Å²) in [5.74, 6) is 0. The van der Waals surface area contributed by atoms with Crippen LogP contribution in [0, 0.1) is 0 Å². The molecule has 0 amide bonds. The number of rotatable bonds is 5. The van der Waals surface area contributed by atoms with Gasteiger partial charge in [0, 0.05) is 10.9 Å². The van der Waals surface area contributed by atoms with Gasteiger partial charge in [0.15, 0.2) is 5.13 Å². The summed E-state index contributed by atoms with van der Waals surface area (Å²) in [5.41, 5.74) is 2.82. The van der Waals surface area contributed by atoms with Crippen LogP contribution in [0.15, 0.2) is 64.9 Å². The van der Waals surface area contributed by atoms with E-state index in [1.807, 2.05) is 54.8 Å². The van der Waals surface area contributed by atoms with Crippen LogP contribution in [0.3, 0.4) is 0 Å². The predicted molar refractivity (Wildman–Crippen MR) is 94.2 cm³/mol. The van der Waals surface area contributed by atoms with Gasteiger partial charge in [0.1, 0.15) is 0 Å². The van der Waals surface area contributed by atoms with Crippen LogP contribution < -0.4 is 4.72 Å². The molecule has 1 aromatic heterocycles. The van der Waals surface area contributed by atoms with E-state index in [1.165, 1.54) is 11.3 Å². The summed E-state index contributed by atoms with van der Waals surface area (Å²) in [6.45, 7) is 2.03. The first-order chi connectivity index (χ1) is 11.1. The molecule has 23 heavy (non-hydrogen) atoms. The molecule has 0 saturated carbocycles. The van der Waals surface area contributed by atoms with Crippen molar-refractivity contribution in [3.63, 3.8) is 0 Å². The van der Waals surface area contributed by atoms with Crippen molar-refractivity contribution in [2.75, 3.05) is 4.72 Å². The van der Waals surface area contributed by atoms with Gasteiger partial charge in [0.2, 0.25) is 0 Å². The lowest BCUT2D eigenvalue weighted by Gasteiger charge is -2.05. The minimum Gasteiger partial charge on any atom is -0.255 e. The molecule has 0 aliphatic rings. The molecule has 0 saturated heterocycles. The van der Waals surface area contributed by atoms with Crippen molar-refractivity contribution in [2.24, 2.45) is 0 Å². The Labute approximate surface area is 139 Å². The summed E-state index contributed by atoms with van der Waals surface area (Å²) in [7, 11) is -3.61. The van der Waals surface area contributed by atoms with E-state index in [2.05, 4.69) is 9.71 Å². The molecule has 2 aromatic carbocycles. The van der Waals surface area contributed by atoms with E-state index in [0.717, 1.165) is 23.2 Å². The van der Waals surface area contributed by atoms with Crippen LogP contribution in [0.4, 0.5) is 5.13 Å². The zero-order valence-electron chi connectivity index (χ0n) is 12.6. The van der Waals surface area contributed by atoms with E-state index in [1.54, 1.807) is 12.1 Å². The molecule has 4 nitrogen and oxygen atoms in total. The van der Waals surface area contributed by atoms with Gasteiger partial charge < -0.3 is 0 Å². The minimum atomic E-state index is -3.61. The quantitative estimate of drug-likeness (QED) is 0.755. The minimum absolute atomic E-state index is 0.242. The van der Waals surface area contributed by atoms with Crippen LogP contribution in [-0.4, -0.2) is 13.4 Å². The van der Waals surface area contributed by atoms with Gasteiger partial charge in [-0.25, -0.2) is 13.4 Å². The smallest absolute Gasteiger partial charge is 0.255 e. The highest BCUT2D eigenvalue weighted by Crippen LogP contribution is 2.26. The second-order valence-electron chi connectivity index (χ2n) is 5.01. The monoisotopic (exact) mass is 344 g/mol. The maximum atomic E-state index is 12.4. The molecule has 0 spiro atoms. The van der Waals surface area contributed by atoms with E-state index in [-0.39, 0.29) is 4.90 Å². The Kier molecular flexibility index (Phi) is 4.45. The van der Waals surface area contributed by atoms with Crippen molar-refractivity contribution < 1.29 is 8.42 Å². The number of aromatic nitrogens is 1. The van der Waals surface area contributed by atoms with Crippen molar-refractivity contribution in [1.29, 1.82) is 0 Å². The second-order valence-corrected chi connectivity index (χ2v) is 7.55. The number of nitrogens with one attached hydrogen (secondary N) is 1. The Morgan fingerprint density at radius 2 is 1.74 bits per heavy atom. The second kappa shape index (κ2) is 6.52. The number of benzene rings is 2. The Morgan fingerprint density at radius 3 is 2.39 bits per heavy atom. The number of anilines is 1. The van der Waals surface area contributed by atoms with E-state index in [9.17, 15) is 8.42 Å². The lowest BCUT2D eigenvalue weighted by atomic mass is 10.2. The van der Waals surface area contributed by atoms with Crippen molar-refractivity contribution in [1.82, 2.24) is 4.98 Å². The van der Waals surface area contributed by atoms with Crippen LogP contribution in [0.25, 0.3) is 11.3 Å². The third-order valence-corrected chi connectivity index (χ3v) is 5.68. The van der Waals surface area contributed by atoms with Gasteiger partial charge in [-0.05, 0) is 24.1 Å². The summed E-state index contributed by atoms with van der Waals surface area (Å²) in [5, 5.41) is 2.20. The maximum absolute atomic E-state index is 12.4. The zero-order chi connectivity index (χ0) is 16.3. The highest BCUT2D eigenvalue weighted by Gasteiger charge is 2.16. The number of hydrogen-bond donors (Lipinski definition) is 1. The normalized spacial score (nSPS) is 11.3. The molecule has 1 heterocycles. The molecule has 0 radical (unpaired) electrons. The van der Waals surface area contributed by atoms with Crippen LogP contribution in [0.2, 0.25) is 0 Å². The average Bonchev–Trinajstić information content (AvgIpc) is 3.03. The lowest BCUT2D eigenvalue weighted by Crippen LogP contribution is -2.12. The highest BCUT2D eigenvalue weighted by molar-refractivity contribution is 7.93.